The van der Waals surface area contributed by atoms with Gasteiger partial charge in [0.05, 0.1) is 24.1 Å². The Morgan fingerprint density at radius 3 is 2.88 bits per heavy atom. The molecule has 12 heteroatoms. The average Bonchev–Trinajstić information content (AvgIpc) is 3.27. The SMILES string of the molecule is Cc1nn(CC(F)F)c(C)c1-c1cc(F)nc(O[C@@H]2CCN(c3cn[nH]c(=O)c3Cl)C2)c1. The Labute approximate surface area is 186 Å². The normalized spacial score (nSPS) is 16.2. The third kappa shape index (κ3) is 4.43. The maximum absolute atomic E-state index is 14.3. The number of ether oxygens (including phenoxy) is 1. The first-order valence-electron chi connectivity index (χ1n) is 9.87. The van der Waals surface area contributed by atoms with Crippen LogP contribution < -0.4 is 15.2 Å². The van der Waals surface area contributed by atoms with Crippen LogP contribution in [0.3, 0.4) is 0 Å². The highest BCUT2D eigenvalue weighted by Crippen LogP contribution is 2.31. The van der Waals surface area contributed by atoms with E-state index >= 15 is 0 Å². The van der Waals surface area contributed by atoms with Crippen LogP contribution in [0, 0.1) is 19.8 Å². The Bertz CT molecular complexity index is 1200. The zero-order valence-electron chi connectivity index (χ0n) is 17.3. The molecule has 0 radical (unpaired) electrons. The van der Waals surface area contributed by atoms with Gasteiger partial charge in [-0.05, 0) is 19.4 Å². The number of aryl methyl sites for hydroxylation is 1. The van der Waals surface area contributed by atoms with Gasteiger partial charge in [-0.15, -0.1) is 0 Å². The molecule has 1 atom stereocenters. The summed E-state index contributed by atoms with van der Waals surface area (Å²) in [5, 5.41) is 10.2. The first kappa shape index (κ1) is 22.1. The average molecular weight is 469 g/mol. The first-order chi connectivity index (χ1) is 15.2. The van der Waals surface area contributed by atoms with E-state index in [1.807, 2.05) is 4.90 Å². The second-order valence-corrected chi connectivity index (χ2v) is 7.89. The number of pyridine rings is 1. The molecule has 170 valence electrons. The fraction of sp³-hybridized carbons (Fsp3) is 0.400. The van der Waals surface area contributed by atoms with Crippen LogP contribution in [-0.4, -0.2) is 50.6 Å². The lowest BCUT2D eigenvalue weighted by atomic mass is 10.1. The standard InChI is InChI=1S/C20H20ClF3N6O2/c1-10-18(11(2)30(28-10)9-15(22)23)12-5-16(24)26-17(6-12)32-13-3-4-29(8-13)14-7-25-27-20(31)19(14)21/h5-7,13,15H,3-4,8-9H2,1-2H3,(H,27,31)/t13-/m1/s1. The molecule has 0 spiro atoms. The summed E-state index contributed by atoms with van der Waals surface area (Å²) in [5.41, 5.74) is 2.02. The van der Waals surface area contributed by atoms with Gasteiger partial charge in [-0.1, -0.05) is 11.6 Å². The molecular weight excluding hydrogens is 449 g/mol. The van der Waals surface area contributed by atoms with E-state index in [4.69, 9.17) is 16.3 Å². The summed E-state index contributed by atoms with van der Waals surface area (Å²) in [6.07, 6.45) is -0.812. The molecule has 8 nitrogen and oxygen atoms in total. The van der Waals surface area contributed by atoms with Crippen molar-refractivity contribution in [3.63, 3.8) is 0 Å². The molecule has 0 amide bonds. The van der Waals surface area contributed by atoms with Gasteiger partial charge in [0.1, 0.15) is 17.7 Å². The number of aromatic amines is 1. The number of hydrogen-bond acceptors (Lipinski definition) is 6. The van der Waals surface area contributed by atoms with Gasteiger partial charge in [0, 0.05) is 36.4 Å². The quantitative estimate of drug-likeness (QED) is 0.558. The van der Waals surface area contributed by atoms with Crippen molar-refractivity contribution >= 4 is 17.3 Å². The van der Waals surface area contributed by atoms with E-state index in [9.17, 15) is 18.0 Å². The lowest BCUT2D eigenvalue weighted by Gasteiger charge is -2.19. The molecule has 3 aromatic heterocycles. The molecule has 0 aliphatic carbocycles. The molecule has 0 unspecified atom stereocenters. The molecule has 1 aliphatic heterocycles. The zero-order valence-corrected chi connectivity index (χ0v) is 18.0. The Balaban J connectivity index is 1.55. The van der Waals surface area contributed by atoms with Crippen molar-refractivity contribution in [1.29, 1.82) is 0 Å². The summed E-state index contributed by atoms with van der Waals surface area (Å²) < 4.78 is 47.0. The smallest absolute Gasteiger partial charge is 0.285 e. The molecule has 32 heavy (non-hydrogen) atoms. The van der Waals surface area contributed by atoms with Gasteiger partial charge < -0.3 is 9.64 Å². The van der Waals surface area contributed by atoms with Gasteiger partial charge in [-0.25, -0.2) is 13.9 Å². The number of hydrogen-bond donors (Lipinski definition) is 1. The molecule has 1 aliphatic rings. The molecule has 1 saturated heterocycles. The minimum atomic E-state index is -2.55. The monoisotopic (exact) mass is 468 g/mol. The second-order valence-electron chi connectivity index (χ2n) is 7.51. The Morgan fingerprint density at radius 1 is 1.34 bits per heavy atom. The van der Waals surface area contributed by atoms with Crippen molar-refractivity contribution in [2.45, 2.75) is 39.3 Å². The van der Waals surface area contributed by atoms with Crippen molar-refractivity contribution in [1.82, 2.24) is 25.0 Å². The Morgan fingerprint density at radius 2 is 2.12 bits per heavy atom. The van der Waals surface area contributed by atoms with Crippen molar-refractivity contribution in [2.24, 2.45) is 0 Å². The van der Waals surface area contributed by atoms with Crippen LogP contribution in [0.25, 0.3) is 11.1 Å². The van der Waals surface area contributed by atoms with E-state index in [-0.39, 0.29) is 17.0 Å². The predicted molar refractivity (Wildman–Crippen MR) is 112 cm³/mol. The molecule has 4 rings (SSSR count). The van der Waals surface area contributed by atoms with Crippen LogP contribution in [0.5, 0.6) is 5.88 Å². The fourth-order valence-electron chi connectivity index (χ4n) is 3.91. The molecule has 1 fully saturated rings. The Kier molecular flexibility index (Phi) is 6.09. The van der Waals surface area contributed by atoms with Crippen LogP contribution in [0.4, 0.5) is 18.9 Å². The van der Waals surface area contributed by atoms with Crippen molar-refractivity contribution in [2.75, 3.05) is 18.0 Å². The second kappa shape index (κ2) is 8.81. The number of H-pyrrole nitrogens is 1. The topological polar surface area (TPSA) is 88.9 Å². The molecule has 1 N–H and O–H groups in total. The molecule has 0 aromatic carbocycles. The highest BCUT2D eigenvalue weighted by atomic mass is 35.5. The van der Waals surface area contributed by atoms with Crippen LogP contribution >= 0.6 is 11.6 Å². The summed E-state index contributed by atoms with van der Waals surface area (Å²) >= 11 is 6.07. The van der Waals surface area contributed by atoms with Crippen molar-refractivity contribution < 1.29 is 17.9 Å². The number of halogens is 4. The molecular formula is C20H20ClF3N6O2. The third-order valence-electron chi connectivity index (χ3n) is 5.30. The summed E-state index contributed by atoms with van der Waals surface area (Å²) in [7, 11) is 0. The number of rotatable bonds is 6. The third-order valence-corrected chi connectivity index (χ3v) is 5.67. The van der Waals surface area contributed by atoms with Gasteiger partial charge >= 0.3 is 0 Å². The van der Waals surface area contributed by atoms with E-state index in [0.717, 1.165) is 0 Å². The van der Waals surface area contributed by atoms with Gasteiger partial charge in [-0.3, -0.25) is 9.48 Å². The van der Waals surface area contributed by atoms with Gasteiger partial charge in [-0.2, -0.15) is 19.6 Å². The highest BCUT2D eigenvalue weighted by Gasteiger charge is 2.27. The van der Waals surface area contributed by atoms with E-state index in [0.29, 0.717) is 47.7 Å². The number of aromatic nitrogens is 5. The minimum Gasteiger partial charge on any atom is -0.472 e. The van der Waals surface area contributed by atoms with E-state index in [1.165, 1.54) is 16.9 Å². The van der Waals surface area contributed by atoms with Crippen LogP contribution in [-0.2, 0) is 6.54 Å². The van der Waals surface area contributed by atoms with E-state index < -0.39 is 24.5 Å². The lowest BCUT2D eigenvalue weighted by Crippen LogP contribution is -2.26. The number of nitrogens with zero attached hydrogens (tertiary/aromatic N) is 5. The summed E-state index contributed by atoms with van der Waals surface area (Å²) in [6, 6.07) is 2.79. The molecule has 0 bridgehead atoms. The largest absolute Gasteiger partial charge is 0.472 e. The molecule has 0 saturated carbocycles. The first-order valence-corrected chi connectivity index (χ1v) is 10.3. The maximum Gasteiger partial charge on any atom is 0.285 e. The predicted octanol–water partition coefficient (Wildman–Crippen LogP) is 3.36. The molecule has 4 heterocycles. The van der Waals surface area contributed by atoms with Crippen LogP contribution in [0.2, 0.25) is 5.02 Å². The van der Waals surface area contributed by atoms with E-state index in [1.54, 1.807) is 19.9 Å². The summed E-state index contributed by atoms with van der Waals surface area (Å²) in [4.78, 5) is 17.4. The number of alkyl halides is 2. The minimum absolute atomic E-state index is 0.0403. The number of anilines is 1. The summed E-state index contributed by atoms with van der Waals surface area (Å²) in [5.74, 6) is -0.683. The Hall–Kier alpha value is -3.08. The van der Waals surface area contributed by atoms with Crippen LogP contribution in [0.1, 0.15) is 17.8 Å². The highest BCUT2D eigenvalue weighted by molar-refractivity contribution is 6.33. The summed E-state index contributed by atoms with van der Waals surface area (Å²) in [6.45, 7) is 3.77. The number of nitrogens with one attached hydrogen (secondary N) is 1. The zero-order chi connectivity index (χ0) is 23.0. The van der Waals surface area contributed by atoms with Crippen LogP contribution in [0.15, 0.2) is 23.1 Å². The van der Waals surface area contributed by atoms with Gasteiger partial charge in [0.2, 0.25) is 11.8 Å². The van der Waals surface area contributed by atoms with E-state index in [2.05, 4.69) is 20.3 Å². The lowest BCUT2D eigenvalue weighted by molar-refractivity contribution is 0.121. The van der Waals surface area contributed by atoms with Gasteiger partial charge in [0.25, 0.3) is 12.0 Å². The van der Waals surface area contributed by atoms with Crippen molar-refractivity contribution in [3.8, 4) is 17.0 Å². The maximum atomic E-state index is 14.3. The fourth-order valence-corrected chi connectivity index (χ4v) is 4.12. The molecule has 3 aromatic rings. The van der Waals surface area contributed by atoms with Gasteiger partial charge in [0.15, 0.2) is 0 Å². The van der Waals surface area contributed by atoms with Crippen molar-refractivity contribution in [3.05, 3.63) is 51.0 Å².